The van der Waals surface area contributed by atoms with E-state index in [1.165, 1.54) is 6.26 Å². The van der Waals surface area contributed by atoms with Crippen molar-refractivity contribution < 1.29 is 18.0 Å². The summed E-state index contributed by atoms with van der Waals surface area (Å²) in [5.41, 5.74) is 1.12. The minimum atomic E-state index is -3.14. The molecule has 1 aromatic rings. The topological polar surface area (TPSA) is 78.0 Å². The molecule has 2 amide bonds. The Balaban J connectivity index is 1.93. The molecule has 0 saturated carbocycles. The highest BCUT2D eigenvalue weighted by molar-refractivity contribution is 7.89. The highest BCUT2D eigenvalue weighted by Crippen LogP contribution is 2.13. The van der Waals surface area contributed by atoms with Crippen molar-refractivity contribution in [3.05, 3.63) is 35.4 Å². The monoisotopic (exact) mass is 395 g/mol. The third-order valence-electron chi connectivity index (χ3n) is 4.74. The van der Waals surface area contributed by atoms with Gasteiger partial charge < -0.3 is 9.80 Å². The number of hydrogen-bond acceptors (Lipinski definition) is 5. The van der Waals surface area contributed by atoms with Crippen molar-refractivity contribution in [3.63, 3.8) is 0 Å². The second-order valence-corrected chi connectivity index (χ2v) is 9.05. The van der Waals surface area contributed by atoms with Gasteiger partial charge in [-0.3, -0.25) is 14.5 Å². The summed E-state index contributed by atoms with van der Waals surface area (Å²) in [6.45, 7) is 8.15. The van der Waals surface area contributed by atoms with Crippen LogP contribution in [0.15, 0.2) is 24.3 Å². The van der Waals surface area contributed by atoms with Crippen LogP contribution in [0, 0.1) is 0 Å². The third-order valence-corrected chi connectivity index (χ3v) is 5.60. The van der Waals surface area contributed by atoms with Crippen molar-refractivity contribution in [2.75, 3.05) is 52.1 Å². The van der Waals surface area contributed by atoms with Crippen LogP contribution in [0.5, 0.6) is 0 Å². The van der Waals surface area contributed by atoms with E-state index < -0.39 is 9.84 Å². The molecule has 0 radical (unpaired) electrons. The fourth-order valence-corrected chi connectivity index (χ4v) is 4.04. The van der Waals surface area contributed by atoms with E-state index in [4.69, 9.17) is 0 Å². The first-order valence-corrected chi connectivity index (χ1v) is 11.4. The van der Waals surface area contributed by atoms with Gasteiger partial charge >= 0.3 is 0 Å². The zero-order chi connectivity index (χ0) is 20.0. The lowest BCUT2D eigenvalue weighted by atomic mass is 10.1. The first-order valence-electron chi connectivity index (χ1n) is 9.29. The highest BCUT2D eigenvalue weighted by atomic mass is 32.2. The third kappa shape index (κ3) is 6.32. The summed E-state index contributed by atoms with van der Waals surface area (Å²) in [4.78, 5) is 30.6. The molecule has 1 aliphatic rings. The average Bonchev–Trinajstić information content (AvgIpc) is 2.61. The van der Waals surface area contributed by atoms with Crippen LogP contribution in [-0.2, 0) is 20.4 Å². The van der Waals surface area contributed by atoms with Gasteiger partial charge in [0.25, 0.3) is 5.91 Å². The lowest BCUT2D eigenvalue weighted by Gasteiger charge is -2.35. The molecule has 0 bridgehead atoms. The Labute approximate surface area is 161 Å². The maximum absolute atomic E-state index is 12.7. The van der Waals surface area contributed by atoms with Crippen LogP contribution in [-0.4, -0.2) is 87.0 Å². The number of carbonyl (C=O) groups excluding carboxylic acids is 2. The van der Waals surface area contributed by atoms with Gasteiger partial charge in [-0.2, -0.15) is 0 Å². The van der Waals surface area contributed by atoms with E-state index in [9.17, 15) is 18.0 Å². The number of amides is 2. The summed E-state index contributed by atoms with van der Waals surface area (Å²) in [6.07, 6.45) is 1.18. The van der Waals surface area contributed by atoms with Crippen molar-refractivity contribution in [2.24, 2.45) is 0 Å². The van der Waals surface area contributed by atoms with Crippen LogP contribution in [0.1, 0.15) is 29.8 Å². The van der Waals surface area contributed by atoms with Crippen LogP contribution in [0.4, 0.5) is 0 Å². The second-order valence-electron chi connectivity index (χ2n) is 6.90. The number of rotatable bonds is 7. The van der Waals surface area contributed by atoms with Crippen LogP contribution >= 0.6 is 0 Å². The predicted octanol–water partition coefficient (Wildman–Crippen LogP) is 0.857. The van der Waals surface area contributed by atoms with Crippen LogP contribution in [0.2, 0.25) is 0 Å². The molecule has 2 rings (SSSR count). The van der Waals surface area contributed by atoms with Crippen LogP contribution in [0.3, 0.4) is 0 Å². The maximum Gasteiger partial charge on any atom is 0.253 e. The van der Waals surface area contributed by atoms with Crippen molar-refractivity contribution in [2.45, 2.75) is 19.6 Å². The fraction of sp³-hybridized carbons (Fsp3) is 0.579. The van der Waals surface area contributed by atoms with E-state index in [-0.39, 0.29) is 17.6 Å². The number of likely N-dealkylation sites (N-methyl/N-ethyl adjacent to an activating group) is 1. The number of carbonyl (C=O) groups is 2. The first kappa shape index (κ1) is 21.4. The van der Waals surface area contributed by atoms with Gasteiger partial charge in [0.1, 0.15) is 0 Å². The van der Waals surface area contributed by atoms with Crippen LogP contribution < -0.4 is 0 Å². The van der Waals surface area contributed by atoms with E-state index in [1.807, 2.05) is 18.7 Å². The molecule has 0 N–H and O–H groups in total. The summed E-state index contributed by atoms with van der Waals surface area (Å²) in [6, 6.07) is 6.80. The van der Waals surface area contributed by atoms with Gasteiger partial charge in [0.2, 0.25) is 5.91 Å². The van der Waals surface area contributed by atoms with Gasteiger partial charge in [0.05, 0.1) is 12.3 Å². The Morgan fingerprint density at radius 2 is 1.70 bits per heavy atom. The van der Waals surface area contributed by atoms with E-state index in [2.05, 4.69) is 4.90 Å². The molecule has 0 aliphatic carbocycles. The number of piperazine rings is 1. The van der Waals surface area contributed by atoms with E-state index in [1.54, 1.807) is 29.2 Å². The minimum absolute atomic E-state index is 0.0740. The number of benzene rings is 1. The van der Waals surface area contributed by atoms with Crippen molar-refractivity contribution >= 4 is 21.7 Å². The summed E-state index contributed by atoms with van der Waals surface area (Å²) >= 11 is 0. The minimum Gasteiger partial charge on any atom is -0.342 e. The summed E-state index contributed by atoms with van der Waals surface area (Å²) in [5.74, 6) is -0.0524. The molecule has 8 heteroatoms. The quantitative estimate of drug-likeness (QED) is 0.684. The number of nitrogens with zero attached hydrogens (tertiary/aromatic N) is 3. The van der Waals surface area contributed by atoms with E-state index in [0.29, 0.717) is 56.9 Å². The average molecular weight is 396 g/mol. The lowest BCUT2D eigenvalue weighted by Crippen LogP contribution is -2.51. The Morgan fingerprint density at radius 1 is 1.07 bits per heavy atom. The van der Waals surface area contributed by atoms with E-state index >= 15 is 0 Å². The Kier molecular flexibility index (Phi) is 7.38. The Morgan fingerprint density at radius 3 is 2.26 bits per heavy atom. The largest absolute Gasteiger partial charge is 0.342 e. The predicted molar refractivity (Wildman–Crippen MR) is 105 cm³/mol. The normalized spacial score (nSPS) is 15.6. The van der Waals surface area contributed by atoms with E-state index in [0.717, 1.165) is 0 Å². The van der Waals surface area contributed by atoms with Crippen LogP contribution in [0.25, 0.3) is 0 Å². The molecular formula is C19H29N3O4S. The van der Waals surface area contributed by atoms with Gasteiger partial charge in [0.15, 0.2) is 9.84 Å². The zero-order valence-corrected chi connectivity index (χ0v) is 17.2. The molecule has 1 aromatic carbocycles. The number of hydrogen-bond donors (Lipinski definition) is 0. The molecule has 0 spiro atoms. The number of sulfone groups is 1. The fourth-order valence-electron chi connectivity index (χ4n) is 3.26. The van der Waals surface area contributed by atoms with Gasteiger partial charge in [-0.1, -0.05) is 12.1 Å². The molecule has 1 aliphatic heterocycles. The maximum atomic E-state index is 12.7. The van der Waals surface area contributed by atoms with Crippen molar-refractivity contribution in [3.8, 4) is 0 Å². The molecule has 7 nitrogen and oxygen atoms in total. The summed E-state index contributed by atoms with van der Waals surface area (Å²) in [5, 5.41) is 0. The molecule has 0 atom stereocenters. The molecule has 1 heterocycles. The van der Waals surface area contributed by atoms with Gasteiger partial charge in [-0.25, -0.2) is 8.42 Å². The molecular weight excluding hydrogens is 366 g/mol. The SMILES string of the molecule is CCN(CC)C(=O)CN1CCN(C(=O)c2cccc(CS(C)(=O)=O)c2)CC1. The molecule has 1 fully saturated rings. The van der Waals surface area contributed by atoms with Gasteiger partial charge in [0, 0.05) is 51.1 Å². The standard InChI is InChI=1S/C19H29N3O4S/c1-4-21(5-2)18(23)14-20-9-11-22(12-10-20)19(24)17-8-6-7-16(13-17)15-27(3,25)26/h6-8,13H,4-5,9-12,14-15H2,1-3H3. The second kappa shape index (κ2) is 9.32. The Hall–Kier alpha value is -1.93. The van der Waals surface area contributed by atoms with Crippen molar-refractivity contribution in [1.29, 1.82) is 0 Å². The van der Waals surface area contributed by atoms with Crippen molar-refractivity contribution in [1.82, 2.24) is 14.7 Å². The van der Waals surface area contributed by atoms with Gasteiger partial charge in [-0.05, 0) is 31.5 Å². The highest BCUT2D eigenvalue weighted by Gasteiger charge is 2.24. The zero-order valence-electron chi connectivity index (χ0n) is 16.3. The Bertz CT molecular complexity index is 767. The van der Waals surface area contributed by atoms with Gasteiger partial charge in [-0.15, -0.1) is 0 Å². The molecule has 150 valence electrons. The lowest BCUT2D eigenvalue weighted by molar-refractivity contribution is -0.132. The summed E-state index contributed by atoms with van der Waals surface area (Å²) in [7, 11) is -3.14. The molecule has 0 aromatic heterocycles. The first-order chi connectivity index (χ1) is 12.7. The summed E-state index contributed by atoms with van der Waals surface area (Å²) < 4.78 is 22.9. The molecule has 1 saturated heterocycles. The molecule has 0 unspecified atom stereocenters. The smallest absolute Gasteiger partial charge is 0.253 e. The molecule has 27 heavy (non-hydrogen) atoms.